The molecule has 0 heterocycles. The van der Waals surface area contributed by atoms with E-state index in [1.807, 2.05) is 0 Å². The van der Waals surface area contributed by atoms with Crippen molar-refractivity contribution in [2.75, 3.05) is 0 Å². The maximum Gasteiger partial charge on any atom is 0.564 e. The standard InChI is InChI=1S/Fe.H4O4P/c;1-5(2,3)4/h;1-4H/q;+1. The Balaban J connectivity index is 0. The molecule has 6 heavy (non-hydrogen) atoms. The van der Waals surface area contributed by atoms with E-state index in [0.29, 0.717) is 0 Å². The minimum Gasteiger partial charge on any atom is -0.168 e. The predicted molar refractivity (Wildman–Crippen MR) is 15.8 cm³/mol. The van der Waals surface area contributed by atoms with E-state index in [1.165, 1.54) is 0 Å². The van der Waals surface area contributed by atoms with Crippen LogP contribution in [0, 0.1) is 0 Å². The molecule has 0 amide bonds. The Bertz CT molecular complexity index is 23.0. The molecule has 0 radical (unpaired) electrons. The molecule has 40 valence electrons. The van der Waals surface area contributed by atoms with E-state index < -0.39 is 8.17 Å². The van der Waals surface area contributed by atoms with Crippen LogP contribution in [0.15, 0.2) is 0 Å². The Hall–Kier alpha value is 0.789. The zero-order valence-corrected chi connectivity index (χ0v) is 4.59. The van der Waals surface area contributed by atoms with Crippen molar-refractivity contribution in [2.24, 2.45) is 0 Å². The quantitative estimate of drug-likeness (QED) is 0.257. The van der Waals surface area contributed by atoms with Gasteiger partial charge in [0.15, 0.2) is 0 Å². The summed E-state index contributed by atoms with van der Waals surface area (Å²) in [5, 5.41) is 0. The molecule has 4 nitrogen and oxygen atoms in total. The summed E-state index contributed by atoms with van der Waals surface area (Å²) in [4.78, 5) is 29.2. The predicted octanol–water partition coefficient (Wildman–Crippen LogP) is -1.37. The van der Waals surface area contributed by atoms with Crippen LogP contribution in [0.25, 0.3) is 0 Å². The van der Waals surface area contributed by atoms with Crippen molar-refractivity contribution in [3.8, 4) is 0 Å². The van der Waals surface area contributed by atoms with Crippen LogP contribution < -0.4 is 0 Å². The fourth-order valence-electron chi connectivity index (χ4n) is 0. The van der Waals surface area contributed by atoms with Crippen molar-refractivity contribution >= 4 is 8.17 Å². The number of hydrogen-bond acceptors (Lipinski definition) is 4. The van der Waals surface area contributed by atoms with Gasteiger partial charge in [-0.1, -0.05) is 0 Å². The zero-order valence-electron chi connectivity index (χ0n) is 2.59. The van der Waals surface area contributed by atoms with Gasteiger partial charge in [0.05, 0.1) is 0 Å². The molecule has 0 fully saturated rings. The molecule has 0 rings (SSSR count). The van der Waals surface area contributed by atoms with E-state index in [-0.39, 0.29) is 17.1 Å². The summed E-state index contributed by atoms with van der Waals surface area (Å²) in [7, 11) is -4.39. The normalized spacial score (nSPS) is 10.0. The van der Waals surface area contributed by atoms with Gasteiger partial charge in [0, 0.05) is 17.1 Å². The van der Waals surface area contributed by atoms with Crippen molar-refractivity contribution < 1.29 is 36.6 Å². The largest absolute Gasteiger partial charge is 0.564 e. The van der Waals surface area contributed by atoms with Crippen molar-refractivity contribution in [2.45, 2.75) is 0 Å². The third-order valence-corrected chi connectivity index (χ3v) is 0. The van der Waals surface area contributed by atoms with Gasteiger partial charge in [0.2, 0.25) is 0 Å². The summed E-state index contributed by atoms with van der Waals surface area (Å²) in [6.45, 7) is 0. The monoisotopic (exact) mass is 155 g/mol. The first-order valence-corrected chi connectivity index (χ1v) is 2.40. The van der Waals surface area contributed by atoms with Crippen LogP contribution in [0.3, 0.4) is 0 Å². The van der Waals surface area contributed by atoms with Gasteiger partial charge in [-0.05, 0) is 0 Å². The molecule has 0 atom stereocenters. The van der Waals surface area contributed by atoms with Crippen molar-refractivity contribution in [3.05, 3.63) is 0 Å². The maximum atomic E-state index is 7.30. The molecule has 0 aromatic carbocycles. The summed E-state index contributed by atoms with van der Waals surface area (Å²) < 4.78 is 0. The second-order valence-electron chi connectivity index (χ2n) is 0.537. The zero-order chi connectivity index (χ0) is 4.50. The topological polar surface area (TPSA) is 80.9 Å². The first-order chi connectivity index (χ1) is 2.00. The summed E-state index contributed by atoms with van der Waals surface area (Å²) in [6, 6.07) is 0. The molecule has 0 spiro atoms. The van der Waals surface area contributed by atoms with Gasteiger partial charge in [-0.2, -0.15) is 19.6 Å². The Morgan fingerprint density at radius 3 is 0.833 bits per heavy atom. The Morgan fingerprint density at radius 1 is 0.833 bits per heavy atom. The van der Waals surface area contributed by atoms with Gasteiger partial charge >= 0.3 is 8.17 Å². The summed E-state index contributed by atoms with van der Waals surface area (Å²) >= 11 is 0. The van der Waals surface area contributed by atoms with Gasteiger partial charge in [0.25, 0.3) is 0 Å². The second-order valence-corrected chi connectivity index (χ2v) is 1.61. The van der Waals surface area contributed by atoms with E-state index >= 15 is 0 Å². The second kappa shape index (κ2) is 2.88. The molecule has 0 aromatic rings. The van der Waals surface area contributed by atoms with Crippen LogP contribution in [-0.2, 0) is 17.1 Å². The third-order valence-electron chi connectivity index (χ3n) is 0. The van der Waals surface area contributed by atoms with Crippen molar-refractivity contribution in [1.82, 2.24) is 0 Å². The first kappa shape index (κ1) is 9.92. The average Bonchev–Trinajstić information content (AvgIpc) is 0.722. The molecule has 0 aliphatic rings. The van der Waals surface area contributed by atoms with Gasteiger partial charge in [-0.3, -0.25) is 0 Å². The first-order valence-electron chi connectivity index (χ1n) is 0.800. The van der Waals surface area contributed by atoms with Gasteiger partial charge in [-0.25, -0.2) is 0 Å². The third kappa shape index (κ3) is 110. The van der Waals surface area contributed by atoms with E-state index in [1.54, 1.807) is 0 Å². The molecular weight excluding hydrogens is 151 g/mol. The SMILES string of the molecule is O[P+](O)(O)O.[Fe]. The van der Waals surface area contributed by atoms with E-state index in [2.05, 4.69) is 0 Å². The molecule has 0 bridgehead atoms. The summed E-state index contributed by atoms with van der Waals surface area (Å²) in [6.07, 6.45) is 0. The Kier molecular flexibility index (Phi) is 4.76. The molecular formula is H4FeO4P+. The molecule has 4 N–H and O–H groups in total. The molecule has 0 saturated carbocycles. The van der Waals surface area contributed by atoms with Crippen LogP contribution in [0.1, 0.15) is 0 Å². The number of hydrogen-bond donors (Lipinski definition) is 4. The van der Waals surface area contributed by atoms with Crippen molar-refractivity contribution in [1.29, 1.82) is 0 Å². The molecule has 0 aliphatic carbocycles. The van der Waals surface area contributed by atoms with Crippen LogP contribution >= 0.6 is 8.17 Å². The van der Waals surface area contributed by atoms with Crippen LogP contribution in [0.5, 0.6) is 0 Å². The molecule has 0 aliphatic heterocycles. The summed E-state index contributed by atoms with van der Waals surface area (Å²) in [5.74, 6) is 0. The maximum absolute atomic E-state index is 7.30. The van der Waals surface area contributed by atoms with Crippen LogP contribution in [0.2, 0.25) is 0 Å². The van der Waals surface area contributed by atoms with Crippen LogP contribution in [0.4, 0.5) is 0 Å². The molecule has 0 unspecified atom stereocenters. The van der Waals surface area contributed by atoms with Crippen molar-refractivity contribution in [3.63, 3.8) is 0 Å². The molecule has 0 saturated heterocycles. The fraction of sp³-hybridized carbons (Fsp3) is 0. The summed E-state index contributed by atoms with van der Waals surface area (Å²) in [5.41, 5.74) is 0. The molecule has 6 heteroatoms. The van der Waals surface area contributed by atoms with Gasteiger partial charge < -0.3 is 0 Å². The minimum absolute atomic E-state index is 0. The number of rotatable bonds is 0. The van der Waals surface area contributed by atoms with E-state index in [4.69, 9.17) is 19.6 Å². The fourth-order valence-corrected chi connectivity index (χ4v) is 0. The van der Waals surface area contributed by atoms with Gasteiger partial charge in [-0.15, -0.1) is 0 Å². The van der Waals surface area contributed by atoms with Crippen LogP contribution in [-0.4, -0.2) is 19.6 Å². The smallest absolute Gasteiger partial charge is 0.168 e. The Labute approximate surface area is 45.6 Å². The van der Waals surface area contributed by atoms with E-state index in [9.17, 15) is 0 Å². The molecule has 0 aromatic heterocycles. The minimum atomic E-state index is -4.39. The Morgan fingerprint density at radius 2 is 0.833 bits per heavy atom. The van der Waals surface area contributed by atoms with E-state index in [0.717, 1.165) is 0 Å². The average molecular weight is 155 g/mol. The van der Waals surface area contributed by atoms with Gasteiger partial charge in [0.1, 0.15) is 0 Å².